The number of rotatable bonds is 0. The highest BCUT2D eigenvalue weighted by Gasteiger charge is 2.36. The van der Waals surface area contributed by atoms with Gasteiger partial charge in [-0.2, -0.15) is 0 Å². The Hall–Kier alpha value is -1.90. The smallest absolute Gasteiger partial charge is 0.131 e. The number of benzene rings is 1. The molecule has 19 heavy (non-hydrogen) atoms. The second-order valence-corrected chi connectivity index (χ2v) is 5.64. The zero-order valence-electron chi connectivity index (χ0n) is 11.8. The molecular formula is C16H19N3. The number of aryl methyl sites for hydroxylation is 2. The summed E-state index contributed by atoms with van der Waals surface area (Å²) >= 11 is 0. The molecule has 2 aliphatic rings. The lowest BCUT2D eigenvalue weighted by atomic mass is 9.81. The summed E-state index contributed by atoms with van der Waals surface area (Å²) in [5.41, 5.74) is 7.45. The van der Waals surface area contributed by atoms with E-state index in [-0.39, 0.29) is 12.1 Å². The molecule has 0 fully saturated rings. The summed E-state index contributed by atoms with van der Waals surface area (Å²) in [6.07, 6.45) is 2.07. The Bertz CT molecular complexity index is 638. The van der Waals surface area contributed by atoms with Crippen LogP contribution in [-0.4, -0.2) is 17.6 Å². The van der Waals surface area contributed by atoms with Crippen molar-refractivity contribution < 1.29 is 0 Å². The summed E-state index contributed by atoms with van der Waals surface area (Å²) in [5, 5.41) is 12.1. The first-order valence-corrected chi connectivity index (χ1v) is 6.66. The molecule has 3 nitrogen and oxygen atoms in total. The van der Waals surface area contributed by atoms with Crippen molar-refractivity contribution in [2.75, 3.05) is 5.32 Å². The molecule has 0 bridgehead atoms. The van der Waals surface area contributed by atoms with E-state index in [1.165, 1.54) is 16.7 Å². The van der Waals surface area contributed by atoms with Crippen LogP contribution in [0.2, 0.25) is 0 Å². The molecule has 3 rings (SSSR count). The molecular weight excluding hydrogens is 234 g/mol. The molecule has 0 saturated heterocycles. The first-order chi connectivity index (χ1) is 8.97. The highest BCUT2D eigenvalue weighted by Crippen LogP contribution is 2.37. The quantitative estimate of drug-likeness (QED) is 0.731. The fourth-order valence-electron chi connectivity index (χ4n) is 3.19. The number of hydrogen-bond donors (Lipinski definition) is 2. The van der Waals surface area contributed by atoms with Crippen LogP contribution in [0.25, 0.3) is 0 Å². The van der Waals surface area contributed by atoms with Gasteiger partial charge in [-0.15, -0.1) is 0 Å². The Kier molecular flexibility index (Phi) is 2.59. The van der Waals surface area contributed by atoms with Gasteiger partial charge in [0.25, 0.3) is 0 Å². The average Bonchev–Trinajstić information content (AvgIpc) is 2.30. The Labute approximate surface area is 114 Å². The van der Waals surface area contributed by atoms with E-state index in [0.29, 0.717) is 5.71 Å². The standard InChI is InChI=1S/C16H19N3/c1-8-5-10(3)15-12(6-8)14(17)13-9(2)7-11(4)18-16(13)19-15/h5-7,13,16-17,19H,1-4H3/t13-,16-/m1/s1. The van der Waals surface area contributed by atoms with E-state index in [1.54, 1.807) is 0 Å². The SMILES string of the molecule is CC1=CC(C)=N[C@@H]2Nc3c(C)cc(C)cc3C(=N)[C@@H]12. The number of dihydropyridines is 1. The predicted octanol–water partition coefficient (Wildman–Crippen LogP) is 3.46. The molecule has 0 saturated carbocycles. The maximum atomic E-state index is 8.53. The van der Waals surface area contributed by atoms with Gasteiger partial charge in [-0.25, -0.2) is 0 Å². The van der Waals surface area contributed by atoms with Crippen molar-refractivity contribution in [2.24, 2.45) is 10.9 Å². The number of nitrogens with zero attached hydrogens (tertiary/aromatic N) is 1. The fraction of sp³-hybridized carbons (Fsp3) is 0.375. The van der Waals surface area contributed by atoms with Gasteiger partial charge in [-0.3, -0.25) is 4.99 Å². The van der Waals surface area contributed by atoms with Crippen molar-refractivity contribution in [1.29, 1.82) is 5.41 Å². The van der Waals surface area contributed by atoms with Gasteiger partial charge in [0.15, 0.2) is 0 Å². The maximum Gasteiger partial charge on any atom is 0.131 e. The Morgan fingerprint density at radius 1 is 1.16 bits per heavy atom. The van der Waals surface area contributed by atoms with Gasteiger partial charge in [0.1, 0.15) is 6.17 Å². The van der Waals surface area contributed by atoms with E-state index in [4.69, 9.17) is 5.41 Å². The van der Waals surface area contributed by atoms with E-state index in [2.05, 4.69) is 49.3 Å². The van der Waals surface area contributed by atoms with E-state index in [1.807, 2.05) is 6.92 Å². The van der Waals surface area contributed by atoms with Crippen molar-refractivity contribution in [3.05, 3.63) is 40.5 Å². The third-order valence-corrected chi connectivity index (χ3v) is 3.96. The molecule has 2 atom stereocenters. The number of anilines is 1. The molecule has 2 aliphatic heterocycles. The maximum absolute atomic E-state index is 8.53. The summed E-state index contributed by atoms with van der Waals surface area (Å²) in [6.45, 7) is 8.29. The van der Waals surface area contributed by atoms with Gasteiger partial charge in [0, 0.05) is 17.0 Å². The normalized spacial score (nSPS) is 24.9. The van der Waals surface area contributed by atoms with Crippen molar-refractivity contribution in [2.45, 2.75) is 33.9 Å². The number of hydrogen-bond acceptors (Lipinski definition) is 3. The van der Waals surface area contributed by atoms with Crippen LogP contribution in [0.4, 0.5) is 5.69 Å². The van der Waals surface area contributed by atoms with Gasteiger partial charge in [0.2, 0.25) is 0 Å². The molecule has 3 heteroatoms. The number of allylic oxidation sites excluding steroid dienone is 1. The minimum Gasteiger partial charge on any atom is -0.362 e. The van der Waals surface area contributed by atoms with Crippen molar-refractivity contribution in [3.8, 4) is 0 Å². The van der Waals surface area contributed by atoms with Crippen LogP contribution in [0.5, 0.6) is 0 Å². The van der Waals surface area contributed by atoms with E-state index >= 15 is 0 Å². The van der Waals surface area contributed by atoms with E-state index < -0.39 is 0 Å². The average molecular weight is 253 g/mol. The molecule has 2 heterocycles. The molecule has 1 aromatic carbocycles. The van der Waals surface area contributed by atoms with Crippen molar-refractivity contribution in [3.63, 3.8) is 0 Å². The summed E-state index contributed by atoms with van der Waals surface area (Å²) in [4.78, 5) is 4.66. The van der Waals surface area contributed by atoms with Gasteiger partial charge in [-0.05, 0) is 45.4 Å². The molecule has 0 radical (unpaired) electrons. The van der Waals surface area contributed by atoms with Crippen LogP contribution in [0.1, 0.15) is 30.5 Å². The molecule has 0 unspecified atom stereocenters. The third kappa shape index (κ3) is 1.81. The lowest BCUT2D eigenvalue weighted by molar-refractivity contribution is 0.630. The second kappa shape index (κ2) is 4.05. The van der Waals surface area contributed by atoms with E-state index in [0.717, 1.165) is 17.0 Å². The van der Waals surface area contributed by atoms with Gasteiger partial charge >= 0.3 is 0 Å². The van der Waals surface area contributed by atoms with E-state index in [9.17, 15) is 0 Å². The minimum absolute atomic E-state index is 0.0218. The van der Waals surface area contributed by atoms with Crippen LogP contribution in [-0.2, 0) is 0 Å². The predicted molar refractivity (Wildman–Crippen MR) is 80.5 cm³/mol. The largest absolute Gasteiger partial charge is 0.362 e. The van der Waals surface area contributed by atoms with Gasteiger partial charge < -0.3 is 10.7 Å². The first kappa shape index (κ1) is 12.2. The Morgan fingerprint density at radius 3 is 2.63 bits per heavy atom. The monoisotopic (exact) mass is 253 g/mol. The number of fused-ring (bicyclic) bond motifs is 2. The van der Waals surface area contributed by atoms with Crippen molar-refractivity contribution in [1.82, 2.24) is 0 Å². The molecule has 2 N–H and O–H groups in total. The van der Waals surface area contributed by atoms with Crippen LogP contribution >= 0.6 is 0 Å². The first-order valence-electron chi connectivity index (χ1n) is 6.66. The molecule has 1 aromatic rings. The summed E-state index contributed by atoms with van der Waals surface area (Å²) in [6, 6.07) is 4.26. The Morgan fingerprint density at radius 2 is 1.89 bits per heavy atom. The van der Waals surface area contributed by atoms with Crippen LogP contribution in [0, 0.1) is 25.2 Å². The lowest BCUT2D eigenvalue weighted by Crippen LogP contribution is -2.41. The zero-order valence-corrected chi connectivity index (χ0v) is 11.8. The highest BCUT2D eigenvalue weighted by molar-refractivity contribution is 6.10. The highest BCUT2D eigenvalue weighted by atomic mass is 15.1. The molecule has 0 spiro atoms. The molecule has 0 aromatic heterocycles. The summed E-state index contributed by atoms with van der Waals surface area (Å²) in [5.74, 6) is 0.0670. The Balaban J connectivity index is 2.16. The van der Waals surface area contributed by atoms with Crippen LogP contribution in [0.15, 0.2) is 28.8 Å². The zero-order chi connectivity index (χ0) is 13.7. The van der Waals surface area contributed by atoms with Crippen LogP contribution < -0.4 is 5.32 Å². The lowest BCUT2D eigenvalue weighted by Gasteiger charge is -2.37. The third-order valence-electron chi connectivity index (χ3n) is 3.96. The van der Waals surface area contributed by atoms with Gasteiger partial charge in [-0.1, -0.05) is 17.2 Å². The number of nitrogens with one attached hydrogen (secondary N) is 2. The molecule has 0 aliphatic carbocycles. The summed E-state index contributed by atoms with van der Waals surface area (Å²) < 4.78 is 0. The fourth-order valence-corrected chi connectivity index (χ4v) is 3.19. The van der Waals surface area contributed by atoms with Crippen LogP contribution in [0.3, 0.4) is 0 Å². The minimum atomic E-state index is -0.0218. The number of aliphatic imine (C=N–C) groups is 1. The molecule has 0 amide bonds. The topological polar surface area (TPSA) is 48.2 Å². The second-order valence-electron chi connectivity index (χ2n) is 5.64. The summed E-state index contributed by atoms with van der Waals surface area (Å²) in [7, 11) is 0. The molecule has 98 valence electrons. The van der Waals surface area contributed by atoms with Crippen molar-refractivity contribution >= 4 is 17.1 Å². The van der Waals surface area contributed by atoms with Gasteiger partial charge in [0.05, 0.1) is 11.6 Å².